The largest absolute Gasteiger partial charge is 0.380 e. The van der Waals surface area contributed by atoms with Crippen LogP contribution in [0.1, 0.15) is 28.3 Å². The van der Waals surface area contributed by atoms with Gasteiger partial charge in [-0.15, -0.1) is 0 Å². The Hall–Kier alpha value is -2.61. The van der Waals surface area contributed by atoms with E-state index in [0.29, 0.717) is 5.56 Å². The van der Waals surface area contributed by atoms with Crippen molar-refractivity contribution in [2.75, 3.05) is 0 Å². The topological polar surface area (TPSA) is 12.0 Å². The van der Waals surface area contributed by atoms with Crippen molar-refractivity contribution < 1.29 is 4.39 Å². The molecule has 1 aliphatic heterocycles. The zero-order valence-corrected chi connectivity index (χ0v) is 12.3. The van der Waals surface area contributed by atoms with Crippen LogP contribution in [0.5, 0.6) is 0 Å². The van der Waals surface area contributed by atoms with Gasteiger partial charge in [-0.3, -0.25) is 0 Å². The summed E-state index contributed by atoms with van der Waals surface area (Å²) in [7, 11) is 0. The molecule has 0 fully saturated rings. The summed E-state index contributed by atoms with van der Waals surface area (Å²) >= 11 is 0. The summed E-state index contributed by atoms with van der Waals surface area (Å²) in [5, 5.41) is 5.89. The number of hydrogen-bond donors (Lipinski definition) is 1. The van der Waals surface area contributed by atoms with Crippen molar-refractivity contribution in [2.45, 2.75) is 13.0 Å². The molecule has 0 bridgehead atoms. The van der Waals surface area contributed by atoms with E-state index in [9.17, 15) is 4.39 Å². The lowest BCUT2D eigenvalue weighted by Gasteiger charge is -2.25. The van der Waals surface area contributed by atoms with Crippen molar-refractivity contribution in [2.24, 2.45) is 0 Å². The Morgan fingerprint density at radius 3 is 2.73 bits per heavy atom. The predicted octanol–water partition coefficient (Wildman–Crippen LogP) is 4.95. The van der Waals surface area contributed by atoms with Gasteiger partial charge >= 0.3 is 0 Å². The van der Waals surface area contributed by atoms with E-state index in [0.717, 1.165) is 5.56 Å². The van der Waals surface area contributed by atoms with Crippen molar-refractivity contribution in [1.29, 1.82) is 0 Å². The molecule has 0 aromatic heterocycles. The van der Waals surface area contributed by atoms with Crippen LogP contribution in [0.3, 0.4) is 0 Å². The number of fused-ring (bicyclic) bond motifs is 3. The summed E-state index contributed by atoms with van der Waals surface area (Å²) < 4.78 is 13.5. The third-order valence-corrected chi connectivity index (χ3v) is 4.34. The monoisotopic (exact) mass is 289 g/mol. The lowest BCUT2D eigenvalue weighted by atomic mass is 9.88. The van der Waals surface area contributed by atoms with E-state index in [1.165, 1.54) is 21.9 Å². The summed E-state index contributed by atoms with van der Waals surface area (Å²) in [5.41, 5.74) is 4.23. The fourth-order valence-corrected chi connectivity index (χ4v) is 3.19. The molecule has 2 heteroatoms. The highest BCUT2D eigenvalue weighted by molar-refractivity contribution is 5.92. The van der Waals surface area contributed by atoms with Gasteiger partial charge in [0.1, 0.15) is 5.82 Å². The number of rotatable bonds is 1. The summed E-state index contributed by atoms with van der Waals surface area (Å²) in [6.45, 7) is 1.80. The van der Waals surface area contributed by atoms with Crippen molar-refractivity contribution in [1.82, 2.24) is 5.32 Å². The summed E-state index contributed by atoms with van der Waals surface area (Å²) in [6.07, 6.45) is 4.10. The number of hydrogen-bond acceptors (Lipinski definition) is 1. The zero-order valence-electron chi connectivity index (χ0n) is 12.3. The molecule has 22 heavy (non-hydrogen) atoms. The van der Waals surface area contributed by atoms with Crippen LogP contribution in [0.4, 0.5) is 4.39 Å². The number of aryl methyl sites for hydroxylation is 1. The summed E-state index contributed by atoms with van der Waals surface area (Å²) in [6, 6.07) is 18.1. The van der Waals surface area contributed by atoms with Gasteiger partial charge in [-0.05, 0) is 58.3 Å². The standard InChI is InChI=1S/C20H16FN/c1-13-12-15(7-9-19(13)21)20-18-8-6-14-4-2-3-5-16(14)17(18)10-11-22-20/h2-12,20,22H,1H3. The van der Waals surface area contributed by atoms with Gasteiger partial charge in [0, 0.05) is 0 Å². The molecular formula is C20H16FN. The van der Waals surface area contributed by atoms with E-state index in [1.807, 2.05) is 18.3 Å². The Morgan fingerprint density at radius 1 is 1.00 bits per heavy atom. The second kappa shape index (κ2) is 4.99. The first kappa shape index (κ1) is 13.1. The summed E-state index contributed by atoms with van der Waals surface area (Å²) in [5.74, 6) is -0.158. The van der Waals surface area contributed by atoms with Gasteiger partial charge in [-0.2, -0.15) is 0 Å². The molecule has 0 aliphatic carbocycles. The molecule has 1 atom stereocenters. The number of nitrogens with one attached hydrogen (secondary N) is 1. The molecule has 1 N–H and O–H groups in total. The molecule has 1 aliphatic rings. The maximum atomic E-state index is 13.5. The van der Waals surface area contributed by atoms with E-state index in [2.05, 4.69) is 47.8 Å². The highest BCUT2D eigenvalue weighted by Gasteiger charge is 2.20. The quantitative estimate of drug-likeness (QED) is 0.668. The van der Waals surface area contributed by atoms with Gasteiger partial charge in [0.2, 0.25) is 0 Å². The Kier molecular flexibility index (Phi) is 2.97. The average Bonchev–Trinajstić information content (AvgIpc) is 2.56. The molecule has 1 heterocycles. The van der Waals surface area contributed by atoms with Crippen LogP contribution >= 0.6 is 0 Å². The molecule has 0 saturated heterocycles. The number of benzene rings is 3. The average molecular weight is 289 g/mol. The first-order valence-electron chi connectivity index (χ1n) is 7.44. The van der Waals surface area contributed by atoms with Crippen molar-refractivity contribution in [3.8, 4) is 0 Å². The van der Waals surface area contributed by atoms with Crippen molar-refractivity contribution >= 4 is 16.8 Å². The van der Waals surface area contributed by atoms with E-state index in [1.54, 1.807) is 13.0 Å². The Bertz CT molecular complexity index is 895. The highest BCUT2D eigenvalue weighted by atomic mass is 19.1. The molecule has 0 saturated carbocycles. The maximum Gasteiger partial charge on any atom is 0.126 e. The van der Waals surface area contributed by atoms with Gasteiger partial charge in [-0.1, -0.05) is 48.5 Å². The van der Waals surface area contributed by atoms with E-state index < -0.39 is 0 Å². The van der Waals surface area contributed by atoms with Crippen LogP contribution in [0.25, 0.3) is 16.8 Å². The van der Waals surface area contributed by atoms with Crippen LogP contribution in [0.2, 0.25) is 0 Å². The van der Waals surface area contributed by atoms with Gasteiger partial charge in [-0.25, -0.2) is 4.39 Å². The zero-order chi connectivity index (χ0) is 15.1. The fourth-order valence-electron chi connectivity index (χ4n) is 3.19. The second-order valence-corrected chi connectivity index (χ2v) is 5.73. The van der Waals surface area contributed by atoms with Gasteiger partial charge in [0.05, 0.1) is 6.04 Å². The minimum atomic E-state index is -0.158. The van der Waals surface area contributed by atoms with Crippen LogP contribution in [0.15, 0.2) is 60.8 Å². The van der Waals surface area contributed by atoms with Gasteiger partial charge in [0.15, 0.2) is 0 Å². The summed E-state index contributed by atoms with van der Waals surface area (Å²) in [4.78, 5) is 0. The lowest BCUT2D eigenvalue weighted by Crippen LogP contribution is -2.21. The minimum absolute atomic E-state index is 0.0592. The van der Waals surface area contributed by atoms with E-state index in [-0.39, 0.29) is 11.9 Å². The third-order valence-electron chi connectivity index (χ3n) is 4.34. The number of halogens is 1. The normalized spacial score (nSPS) is 16.4. The van der Waals surface area contributed by atoms with E-state index >= 15 is 0 Å². The Balaban J connectivity index is 1.90. The van der Waals surface area contributed by atoms with Gasteiger partial charge in [0.25, 0.3) is 0 Å². The Labute approximate surface area is 129 Å². The molecule has 4 rings (SSSR count). The maximum absolute atomic E-state index is 13.5. The van der Waals surface area contributed by atoms with Crippen LogP contribution in [-0.2, 0) is 0 Å². The molecule has 1 unspecified atom stereocenters. The molecule has 0 radical (unpaired) electrons. The molecule has 3 aromatic carbocycles. The predicted molar refractivity (Wildman–Crippen MR) is 89.1 cm³/mol. The highest BCUT2D eigenvalue weighted by Crippen LogP contribution is 2.34. The molecule has 108 valence electrons. The molecule has 0 amide bonds. The van der Waals surface area contributed by atoms with Crippen molar-refractivity contribution in [3.05, 3.63) is 88.9 Å². The first-order valence-corrected chi connectivity index (χ1v) is 7.44. The second-order valence-electron chi connectivity index (χ2n) is 5.73. The van der Waals surface area contributed by atoms with Crippen LogP contribution in [0, 0.1) is 12.7 Å². The van der Waals surface area contributed by atoms with Crippen molar-refractivity contribution in [3.63, 3.8) is 0 Å². The third kappa shape index (κ3) is 2.00. The molecule has 0 spiro atoms. The smallest absolute Gasteiger partial charge is 0.126 e. The SMILES string of the molecule is Cc1cc(C2NC=Cc3c2ccc2ccccc32)ccc1F. The lowest BCUT2D eigenvalue weighted by molar-refractivity contribution is 0.615. The first-order chi connectivity index (χ1) is 10.7. The van der Waals surface area contributed by atoms with Crippen LogP contribution < -0.4 is 5.32 Å². The van der Waals surface area contributed by atoms with Crippen LogP contribution in [-0.4, -0.2) is 0 Å². The Morgan fingerprint density at radius 2 is 1.86 bits per heavy atom. The molecule has 1 nitrogen and oxygen atoms in total. The van der Waals surface area contributed by atoms with E-state index in [4.69, 9.17) is 0 Å². The van der Waals surface area contributed by atoms with Gasteiger partial charge < -0.3 is 5.32 Å². The minimum Gasteiger partial charge on any atom is -0.380 e. The molecular weight excluding hydrogens is 273 g/mol. The fraction of sp³-hybridized carbons (Fsp3) is 0.100. The molecule has 3 aromatic rings.